The summed E-state index contributed by atoms with van der Waals surface area (Å²) in [7, 11) is 0. The predicted octanol–water partition coefficient (Wildman–Crippen LogP) is 4.10. The molecule has 0 heterocycles. The Morgan fingerprint density at radius 3 is 1.92 bits per heavy atom. The van der Waals surface area contributed by atoms with Crippen LogP contribution in [0, 0.1) is 5.92 Å². The summed E-state index contributed by atoms with van der Waals surface area (Å²) in [6.45, 7) is 6.85. The Morgan fingerprint density at radius 2 is 1.69 bits per heavy atom. The van der Waals surface area contributed by atoms with Crippen molar-refractivity contribution in [1.82, 2.24) is 0 Å². The van der Waals surface area contributed by atoms with Crippen LogP contribution in [0.15, 0.2) is 23.3 Å². The third-order valence-corrected chi connectivity index (χ3v) is 1.93. The van der Waals surface area contributed by atoms with Gasteiger partial charge in [-0.15, -0.1) is 0 Å². The van der Waals surface area contributed by atoms with E-state index in [0.29, 0.717) is 0 Å². The monoisotopic (exact) mass is 192 g/mol. The lowest BCUT2D eigenvalue weighted by Crippen LogP contribution is -2.10. The normalized spacial score (nSPS) is 15.4. The number of hydrogen-bond acceptors (Lipinski definition) is 0. The van der Waals surface area contributed by atoms with E-state index < -0.39 is 11.7 Å². The quantitative estimate of drug-likeness (QED) is 0.578. The van der Waals surface area contributed by atoms with Crippen LogP contribution in [0.1, 0.15) is 27.7 Å². The van der Waals surface area contributed by atoms with Gasteiger partial charge in [-0.2, -0.15) is 13.2 Å². The van der Waals surface area contributed by atoms with E-state index in [4.69, 9.17) is 0 Å². The van der Waals surface area contributed by atoms with Gasteiger partial charge in [0, 0.05) is 0 Å². The molecule has 13 heavy (non-hydrogen) atoms. The van der Waals surface area contributed by atoms with Crippen LogP contribution < -0.4 is 0 Å². The molecule has 0 unspecified atom stereocenters. The number of rotatable bonds is 2. The topological polar surface area (TPSA) is 0 Å². The van der Waals surface area contributed by atoms with E-state index in [0.717, 1.165) is 11.6 Å². The molecule has 0 aromatic heterocycles. The Balaban J connectivity index is 4.77. The minimum atomic E-state index is -4.23. The van der Waals surface area contributed by atoms with Crippen molar-refractivity contribution in [2.75, 3.05) is 0 Å². The maximum Gasteiger partial charge on any atom is 0.416 e. The molecule has 0 spiro atoms. The molecule has 0 fully saturated rings. The van der Waals surface area contributed by atoms with Gasteiger partial charge in [0.25, 0.3) is 0 Å². The van der Waals surface area contributed by atoms with Gasteiger partial charge in [-0.25, -0.2) is 0 Å². The molecule has 0 amide bonds. The summed E-state index contributed by atoms with van der Waals surface area (Å²) >= 11 is 0. The van der Waals surface area contributed by atoms with Crippen LogP contribution in [0.25, 0.3) is 0 Å². The number of halogens is 3. The molecule has 0 saturated heterocycles. The Morgan fingerprint density at radius 1 is 1.23 bits per heavy atom. The van der Waals surface area contributed by atoms with Gasteiger partial charge in [0.1, 0.15) is 0 Å². The summed E-state index contributed by atoms with van der Waals surface area (Å²) in [6, 6.07) is 0. The highest BCUT2D eigenvalue weighted by Crippen LogP contribution is 2.28. The minimum Gasteiger partial charge on any atom is -0.166 e. The van der Waals surface area contributed by atoms with Gasteiger partial charge in [-0.05, 0) is 19.8 Å². The van der Waals surface area contributed by atoms with E-state index >= 15 is 0 Å². The zero-order chi connectivity index (χ0) is 10.6. The molecule has 0 aliphatic rings. The molecule has 0 aromatic carbocycles. The maximum absolute atomic E-state index is 12.2. The lowest BCUT2D eigenvalue weighted by Gasteiger charge is -2.10. The van der Waals surface area contributed by atoms with Crippen molar-refractivity contribution in [3.63, 3.8) is 0 Å². The van der Waals surface area contributed by atoms with Crippen molar-refractivity contribution < 1.29 is 13.2 Å². The van der Waals surface area contributed by atoms with Crippen molar-refractivity contribution in [3.8, 4) is 0 Å². The van der Waals surface area contributed by atoms with Crippen LogP contribution >= 0.6 is 0 Å². The summed E-state index contributed by atoms with van der Waals surface area (Å²) in [5, 5.41) is 0. The number of allylic oxidation sites excluding steroid dienone is 4. The molecule has 0 rings (SSSR count). The molecule has 76 valence electrons. The van der Waals surface area contributed by atoms with Gasteiger partial charge in [0.15, 0.2) is 0 Å². The first-order chi connectivity index (χ1) is 5.79. The van der Waals surface area contributed by atoms with Gasteiger partial charge in [0.2, 0.25) is 0 Å². The fourth-order valence-electron chi connectivity index (χ4n) is 0.741. The second-order valence-electron chi connectivity index (χ2n) is 3.28. The van der Waals surface area contributed by atoms with Gasteiger partial charge in [-0.3, -0.25) is 0 Å². The van der Waals surface area contributed by atoms with Crippen molar-refractivity contribution in [2.24, 2.45) is 5.92 Å². The SMILES string of the molecule is C/C=C(\C=C(/C)C(C)C)C(F)(F)F. The Labute approximate surface area is 77.1 Å². The minimum absolute atomic E-state index is 0.150. The third kappa shape index (κ3) is 4.15. The molecule has 0 N–H and O–H groups in total. The summed E-state index contributed by atoms with van der Waals surface area (Å²) < 4.78 is 36.7. The Kier molecular flexibility index (Phi) is 4.24. The smallest absolute Gasteiger partial charge is 0.166 e. The van der Waals surface area contributed by atoms with Crippen molar-refractivity contribution >= 4 is 0 Å². The summed E-state index contributed by atoms with van der Waals surface area (Å²) in [4.78, 5) is 0. The van der Waals surface area contributed by atoms with Crippen LogP contribution in [0.2, 0.25) is 0 Å². The molecular formula is C10H15F3. The molecular weight excluding hydrogens is 177 g/mol. The van der Waals surface area contributed by atoms with E-state index in [9.17, 15) is 13.2 Å². The number of alkyl halides is 3. The van der Waals surface area contributed by atoms with Crippen molar-refractivity contribution in [2.45, 2.75) is 33.9 Å². The van der Waals surface area contributed by atoms with Crippen LogP contribution in [0.5, 0.6) is 0 Å². The second-order valence-corrected chi connectivity index (χ2v) is 3.28. The van der Waals surface area contributed by atoms with Gasteiger partial charge < -0.3 is 0 Å². The van der Waals surface area contributed by atoms with E-state index in [2.05, 4.69) is 0 Å². The third-order valence-electron chi connectivity index (χ3n) is 1.93. The highest BCUT2D eigenvalue weighted by molar-refractivity contribution is 5.27. The molecule has 3 heteroatoms. The van der Waals surface area contributed by atoms with Crippen LogP contribution in [0.4, 0.5) is 13.2 Å². The average Bonchev–Trinajstić information content (AvgIpc) is 1.96. The maximum atomic E-state index is 12.2. The first-order valence-corrected chi connectivity index (χ1v) is 4.20. The zero-order valence-corrected chi connectivity index (χ0v) is 8.37. The first-order valence-electron chi connectivity index (χ1n) is 4.20. The van der Waals surface area contributed by atoms with E-state index in [1.165, 1.54) is 13.0 Å². The average molecular weight is 192 g/mol. The highest BCUT2D eigenvalue weighted by Gasteiger charge is 2.31. The molecule has 0 radical (unpaired) electrons. The summed E-state index contributed by atoms with van der Waals surface area (Å²) in [6.07, 6.45) is -1.94. The fourth-order valence-corrected chi connectivity index (χ4v) is 0.741. The number of hydrogen-bond donors (Lipinski definition) is 0. The van der Waals surface area contributed by atoms with Crippen LogP contribution in [-0.2, 0) is 0 Å². The molecule has 0 bridgehead atoms. The Hall–Kier alpha value is -0.730. The predicted molar refractivity (Wildman–Crippen MR) is 48.4 cm³/mol. The van der Waals surface area contributed by atoms with Gasteiger partial charge >= 0.3 is 6.18 Å². The summed E-state index contributed by atoms with van der Waals surface area (Å²) in [5.41, 5.74) is 0.170. The molecule has 0 saturated carbocycles. The Bertz CT molecular complexity index is 219. The van der Waals surface area contributed by atoms with Crippen molar-refractivity contribution in [3.05, 3.63) is 23.3 Å². The molecule has 0 atom stereocenters. The molecule has 0 aliphatic heterocycles. The molecule has 0 aromatic rings. The first kappa shape index (κ1) is 12.3. The second kappa shape index (κ2) is 4.49. The zero-order valence-electron chi connectivity index (χ0n) is 8.37. The van der Waals surface area contributed by atoms with Gasteiger partial charge in [-0.1, -0.05) is 31.6 Å². The standard InChI is InChI=1S/C10H15F3/c1-5-9(10(11,12)13)6-8(4)7(2)3/h5-7H,1-4H3/b8-6+,9-5+. The van der Waals surface area contributed by atoms with Crippen molar-refractivity contribution in [1.29, 1.82) is 0 Å². The molecule has 0 nitrogen and oxygen atoms in total. The van der Waals surface area contributed by atoms with E-state index in [-0.39, 0.29) is 5.92 Å². The molecule has 0 aliphatic carbocycles. The van der Waals surface area contributed by atoms with Gasteiger partial charge in [0.05, 0.1) is 5.57 Å². The highest BCUT2D eigenvalue weighted by atomic mass is 19.4. The van der Waals surface area contributed by atoms with Crippen LogP contribution in [0.3, 0.4) is 0 Å². The fraction of sp³-hybridized carbons (Fsp3) is 0.600. The van der Waals surface area contributed by atoms with E-state index in [1.54, 1.807) is 6.92 Å². The van der Waals surface area contributed by atoms with E-state index in [1.807, 2.05) is 13.8 Å². The lowest BCUT2D eigenvalue weighted by molar-refractivity contribution is -0.0884. The summed E-state index contributed by atoms with van der Waals surface area (Å²) in [5.74, 6) is 0.150. The van der Waals surface area contributed by atoms with Crippen LogP contribution in [-0.4, -0.2) is 6.18 Å². The largest absolute Gasteiger partial charge is 0.416 e. The lowest BCUT2D eigenvalue weighted by atomic mass is 10.0.